The van der Waals surface area contributed by atoms with Crippen molar-refractivity contribution in [3.05, 3.63) is 101 Å². The van der Waals surface area contributed by atoms with Crippen LogP contribution in [0.15, 0.2) is 83.8 Å². The number of imide groups is 1. The lowest BCUT2D eigenvalue weighted by Crippen LogP contribution is -2.34. The topological polar surface area (TPSA) is 74.8 Å². The largest absolute Gasteiger partial charge is 0.272 e. The Bertz CT molecular complexity index is 1270. The van der Waals surface area contributed by atoms with Crippen molar-refractivity contribution in [1.29, 1.82) is 0 Å². The Hall–Kier alpha value is -3.29. The van der Waals surface area contributed by atoms with Crippen molar-refractivity contribution in [1.82, 2.24) is 9.21 Å². The van der Waals surface area contributed by atoms with Crippen LogP contribution in [0.1, 0.15) is 39.3 Å². The molecule has 6 nitrogen and oxygen atoms in total. The van der Waals surface area contributed by atoms with Gasteiger partial charge in [0.25, 0.3) is 11.8 Å². The Kier molecular flexibility index (Phi) is 4.13. The van der Waals surface area contributed by atoms with Gasteiger partial charge in [0.2, 0.25) is 10.0 Å². The van der Waals surface area contributed by atoms with Crippen LogP contribution in [0.5, 0.6) is 0 Å². The Balaban J connectivity index is 1.75. The van der Waals surface area contributed by atoms with E-state index in [-0.39, 0.29) is 4.90 Å². The highest BCUT2D eigenvalue weighted by molar-refractivity contribution is 7.89. The molecule has 0 unspecified atom stereocenters. The molecule has 2 aliphatic rings. The number of nitrogens with zero attached hydrogens (tertiary/aromatic N) is 2. The zero-order valence-electron chi connectivity index (χ0n) is 16.1. The third kappa shape index (κ3) is 2.56. The van der Waals surface area contributed by atoms with Gasteiger partial charge in [-0.05, 0) is 30.7 Å². The number of aryl methyl sites for hydroxylation is 1. The summed E-state index contributed by atoms with van der Waals surface area (Å²) in [5, 5.41) is 0. The third-order valence-corrected chi connectivity index (χ3v) is 7.44. The summed E-state index contributed by atoms with van der Waals surface area (Å²) in [6.45, 7) is 1.87. The number of rotatable bonds is 3. The number of carbonyl (C=O) groups excluding carboxylic acids is 2. The lowest BCUT2D eigenvalue weighted by atomic mass is 10.1. The normalized spacial score (nSPS) is 21.0. The van der Waals surface area contributed by atoms with Gasteiger partial charge in [0.05, 0.1) is 4.90 Å². The summed E-state index contributed by atoms with van der Waals surface area (Å²) >= 11 is 0. The maximum atomic E-state index is 13.8. The van der Waals surface area contributed by atoms with E-state index < -0.39 is 34.0 Å². The molecule has 0 radical (unpaired) electrons. The van der Waals surface area contributed by atoms with Crippen LogP contribution in [0, 0.1) is 6.92 Å². The van der Waals surface area contributed by atoms with Gasteiger partial charge in [-0.3, -0.25) is 14.5 Å². The number of benzene rings is 3. The van der Waals surface area contributed by atoms with E-state index in [9.17, 15) is 18.0 Å². The van der Waals surface area contributed by atoms with Crippen LogP contribution in [0.25, 0.3) is 0 Å². The van der Waals surface area contributed by atoms with Gasteiger partial charge in [-0.15, -0.1) is 0 Å². The monoisotopic (exact) mass is 418 g/mol. The molecular formula is C23H18N2O4S. The van der Waals surface area contributed by atoms with Gasteiger partial charge in [0, 0.05) is 11.1 Å². The molecule has 2 aliphatic heterocycles. The number of hydrogen-bond acceptors (Lipinski definition) is 4. The van der Waals surface area contributed by atoms with Crippen LogP contribution in [-0.4, -0.2) is 29.4 Å². The molecule has 150 valence electrons. The average molecular weight is 418 g/mol. The van der Waals surface area contributed by atoms with Gasteiger partial charge in [0.15, 0.2) is 0 Å². The Morgan fingerprint density at radius 1 is 0.800 bits per heavy atom. The van der Waals surface area contributed by atoms with Gasteiger partial charge in [-0.2, -0.15) is 4.31 Å². The molecule has 0 bridgehead atoms. The molecule has 0 aliphatic carbocycles. The first kappa shape index (κ1) is 18.7. The Labute approximate surface area is 174 Å². The van der Waals surface area contributed by atoms with Crippen molar-refractivity contribution in [3.8, 4) is 0 Å². The van der Waals surface area contributed by atoms with E-state index in [0.717, 1.165) is 10.5 Å². The molecule has 1 fully saturated rings. The predicted octanol–water partition coefficient (Wildman–Crippen LogP) is 3.42. The van der Waals surface area contributed by atoms with E-state index in [1.807, 2.05) is 6.92 Å². The van der Waals surface area contributed by atoms with E-state index >= 15 is 0 Å². The van der Waals surface area contributed by atoms with Crippen LogP contribution in [-0.2, 0) is 14.8 Å². The summed E-state index contributed by atoms with van der Waals surface area (Å²) in [6.07, 6.45) is -1.00. The van der Waals surface area contributed by atoms with E-state index in [1.54, 1.807) is 66.7 Å². The molecule has 3 aromatic rings. The second-order valence-corrected chi connectivity index (χ2v) is 9.28. The minimum Gasteiger partial charge on any atom is -0.272 e. The standard InChI is InChI=1S/C23H18N2O4S/c1-15-11-13-17(14-12-15)30(28,29)25-20(16-7-3-2-4-8-16)23(27)24-21(25)18-9-5-6-10-19(18)22(24)26/h2-14,20-21H,1H3/t20-,21-/m0/s1. The summed E-state index contributed by atoms with van der Waals surface area (Å²) in [7, 11) is -4.09. The lowest BCUT2D eigenvalue weighted by Gasteiger charge is -2.27. The van der Waals surface area contributed by atoms with E-state index in [4.69, 9.17) is 0 Å². The van der Waals surface area contributed by atoms with Crippen LogP contribution in [0.2, 0.25) is 0 Å². The smallest absolute Gasteiger partial charge is 0.262 e. The quantitative estimate of drug-likeness (QED) is 0.611. The maximum absolute atomic E-state index is 13.8. The highest BCUT2D eigenvalue weighted by atomic mass is 32.2. The van der Waals surface area contributed by atoms with Crippen molar-refractivity contribution in [2.45, 2.75) is 24.0 Å². The summed E-state index contributed by atoms with van der Waals surface area (Å²) in [4.78, 5) is 27.6. The first-order valence-electron chi connectivity index (χ1n) is 9.53. The number of hydrogen-bond donors (Lipinski definition) is 0. The Morgan fingerprint density at radius 3 is 2.13 bits per heavy atom. The summed E-state index contributed by atoms with van der Waals surface area (Å²) in [6, 6.07) is 20.9. The molecular weight excluding hydrogens is 400 g/mol. The summed E-state index contributed by atoms with van der Waals surface area (Å²) < 4.78 is 28.7. The molecule has 2 heterocycles. The molecule has 3 aromatic carbocycles. The molecule has 2 amide bonds. The fraction of sp³-hybridized carbons (Fsp3) is 0.130. The average Bonchev–Trinajstić information content (AvgIpc) is 3.22. The summed E-state index contributed by atoms with van der Waals surface area (Å²) in [5.74, 6) is -1.01. The predicted molar refractivity (Wildman–Crippen MR) is 110 cm³/mol. The second kappa shape index (κ2) is 6.62. The van der Waals surface area contributed by atoms with Crippen LogP contribution < -0.4 is 0 Å². The van der Waals surface area contributed by atoms with E-state index in [0.29, 0.717) is 16.7 Å². The highest BCUT2D eigenvalue weighted by Crippen LogP contribution is 2.50. The van der Waals surface area contributed by atoms with Gasteiger partial charge in [-0.1, -0.05) is 66.2 Å². The van der Waals surface area contributed by atoms with E-state index in [1.165, 1.54) is 16.4 Å². The zero-order chi connectivity index (χ0) is 21.0. The molecule has 0 N–H and O–H groups in total. The Morgan fingerprint density at radius 2 is 1.43 bits per heavy atom. The zero-order valence-corrected chi connectivity index (χ0v) is 16.9. The van der Waals surface area contributed by atoms with Gasteiger partial charge in [-0.25, -0.2) is 8.42 Å². The first-order valence-corrected chi connectivity index (χ1v) is 11.0. The fourth-order valence-electron chi connectivity index (χ4n) is 4.18. The van der Waals surface area contributed by atoms with Gasteiger partial charge >= 0.3 is 0 Å². The molecule has 0 aromatic heterocycles. The molecule has 30 heavy (non-hydrogen) atoms. The van der Waals surface area contributed by atoms with Crippen molar-refractivity contribution < 1.29 is 18.0 Å². The van der Waals surface area contributed by atoms with Crippen LogP contribution in [0.3, 0.4) is 0 Å². The molecule has 1 saturated heterocycles. The van der Waals surface area contributed by atoms with Crippen molar-refractivity contribution >= 4 is 21.8 Å². The number of sulfonamides is 1. The molecule has 5 rings (SSSR count). The third-order valence-electron chi connectivity index (χ3n) is 5.61. The van der Waals surface area contributed by atoms with Crippen LogP contribution in [0.4, 0.5) is 0 Å². The van der Waals surface area contributed by atoms with Crippen molar-refractivity contribution in [2.75, 3.05) is 0 Å². The highest BCUT2D eigenvalue weighted by Gasteiger charge is 2.59. The SMILES string of the molecule is Cc1ccc(S(=O)(=O)N2[C@@H](c3ccccc3)C(=O)N3C(=O)c4ccccc4[C@@H]32)cc1. The number of carbonyl (C=O) groups is 2. The minimum absolute atomic E-state index is 0.0838. The van der Waals surface area contributed by atoms with E-state index in [2.05, 4.69) is 0 Å². The van der Waals surface area contributed by atoms with Gasteiger partial charge in [0.1, 0.15) is 12.2 Å². The summed E-state index contributed by atoms with van der Waals surface area (Å²) in [5.41, 5.74) is 2.32. The lowest BCUT2D eigenvalue weighted by molar-refractivity contribution is -0.127. The fourth-order valence-corrected chi connectivity index (χ4v) is 5.86. The number of amides is 2. The maximum Gasteiger partial charge on any atom is 0.262 e. The first-order chi connectivity index (χ1) is 14.4. The van der Waals surface area contributed by atoms with Crippen LogP contribution >= 0.6 is 0 Å². The number of fused-ring (bicyclic) bond motifs is 3. The molecule has 0 saturated carbocycles. The van der Waals surface area contributed by atoms with Crippen molar-refractivity contribution in [3.63, 3.8) is 0 Å². The molecule has 2 atom stereocenters. The molecule has 7 heteroatoms. The van der Waals surface area contributed by atoms with Gasteiger partial charge < -0.3 is 0 Å². The second-order valence-electron chi connectivity index (χ2n) is 7.44. The van der Waals surface area contributed by atoms with Crippen molar-refractivity contribution in [2.24, 2.45) is 0 Å². The molecule has 0 spiro atoms. The minimum atomic E-state index is -4.09.